The molecule has 0 saturated heterocycles. The molecule has 0 atom stereocenters. The van der Waals surface area contributed by atoms with E-state index in [9.17, 15) is 13.6 Å². The Hall–Kier alpha value is -1.82. The molecule has 1 heterocycles. The van der Waals surface area contributed by atoms with Gasteiger partial charge in [0.25, 0.3) is 5.91 Å². The van der Waals surface area contributed by atoms with Gasteiger partial charge in [-0.15, -0.1) is 11.3 Å². The van der Waals surface area contributed by atoms with Gasteiger partial charge in [-0.05, 0) is 12.1 Å². The SMILES string of the molecule is O=C(NCCc1cscn1)c1c(F)cccc1F. The predicted molar refractivity (Wildman–Crippen MR) is 64.5 cm³/mol. The van der Waals surface area contributed by atoms with Crippen LogP contribution in [-0.4, -0.2) is 17.4 Å². The Morgan fingerprint density at radius 2 is 2.06 bits per heavy atom. The quantitative estimate of drug-likeness (QED) is 0.925. The largest absolute Gasteiger partial charge is 0.351 e. The first kappa shape index (κ1) is 12.6. The maximum atomic E-state index is 13.3. The first-order chi connectivity index (χ1) is 8.68. The van der Waals surface area contributed by atoms with E-state index in [1.54, 1.807) is 5.51 Å². The number of benzene rings is 1. The van der Waals surface area contributed by atoms with Crippen LogP contribution in [0.5, 0.6) is 0 Å². The van der Waals surface area contributed by atoms with Crippen LogP contribution >= 0.6 is 11.3 Å². The van der Waals surface area contributed by atoms with Crippen molar-refractivity contribution >= 4 is 17.2 Å². The molecule has 94 valence electrons. The normalized spacial score (nSPS) is 10.3. The minimum absolute atomic E-state index is 0.288. The lowest BCUT2D eigenvalue weighted by atomic mass is 10.2. The lowest BCUT2D eigenvalue weighted by molar-refractivity contribution is 0.0945. The van der Waals surface area contributed by atoms with Crippen LogP contribution in [0, 0.1) is 11.6 Å². The minimum atomic E-state index is -0.860. The Morgan fingerprint density at radius 1 is 1.33 bits per heavy atom. The molecule has 0 saturated carbocycles. The van der Waals surface area contributed by atoms with Gasteiger partial charge in [0.1, 0.15) is 17.2 Å². The minimum Gasteiger partial charge on any atom is -0.351 e. The summed E-state index contributed by atoms with van der Waals surface area (Å²) in [4.78, 5) is 15.6. The third-order valence-electron chi connectivity index (χ3n) is 2.34. The average molecular weight is 268 g/mol. The van der Waals surface area contributed by atoms with Crippen LogP contribution in [-0.2, 0) is 6.42 Å². The molecule has 0 radical (unpaired) electrons. The second-order valence-corrected chi connectivity index (χ2v) is 4.30. The zero-order valence-electron chi connectivity index (χ0n) is 9.32. The van der Waals surface area contributed by atoms with Crippen molar-refractivity contribution in [2.75, 3.05) is 6.54 Å². The molecule has 2 rings (SSSR count). The van der Waals surface area contributed by atoms with Crippen LogP contribution in [0.25, 0.3) is 0 Å². The van der Waals surface area contributed by atoms with E-state index in [4.69, 9.17) is 0 Å². The van der Waals surface area contributed by atoms with Crippen LogP contribution in [0.3, 0.4) is 0 Å². The van der Waals surface area contributed by atoms with Crippen LogP contribution in [0.2, 0.25) is 0 Å². The molecule has 2 aromatic rings. The fourth-order valence-corrected chi connectivity index (χ4v) is 2.06. The number of amides is 1. The lowest BCUT2D eigenvalue weighted by Gasteiger charge is -2.06. The molecule has 0 aliphatic heterocycles. The number of aromatic nitrogens is 1. The molecule has 1 aromatic heterocycles. The summed E-state index contributed by atoms with van der Waals surface area (Å²) in [5.74, 6) is -2.47. The number of hydrogen-bond donors (Lipinski definition) is 1. The molecule has 1 N–H and O–H groups in total. The van der Waals surface area contributed by atoms with E-state index in [2.05, 4.69) is 10.3 Å². The van der Waals surface area contributed by atoms with Crippen LogP contribution in [0.1, 0.15) is 16.1 Å². The average Bonchev–Trinajstić information content (AvgIpc) is 2.82. The van der Waals surface area contributed by atoms with Crippen molar-refractivity contribution in [2.45, 2.75) is 6.42 Å². The highest BCUT2D eigenvalue weighted by Crippen LogP contribution is 2.11. The van der Waals surface area contributed by atoms with E-state index in [1.807, 2.05) is 5.38 Å². The summed E-state index contributed by atoms with van der Waals surface area (Å²) >= 11 is 1.46. The van der Waals surface area contributed by atoms with Crippen molar-refractivity contribution in [1.29, 1.82) is 0 Å². The molecule has 1 amide bonds. The summed E-state index contributed by atoms with van der Waals surface area (Å²) < 4.78 is 26.6. The van der Waals surface area contributed by atoms with E-state index in [0.29, 0.717) is 6.42 Å². The van der Waals surface area contributed by atoms with Gasteiger partial charge in [0.15, 0.2) is 0 Å². The number of rotatable bonds is 4. The molecule has 0 fully saturated rings. The van der Waals surface area contributed by atoms with Crippen molar-refractivity contribution in [2.24, 2.45) is 0 Å². The van der Waals surface area contributed by atoms with Gasteiger partial charge in [0.05, 0.1) is 11.2 Å². The molecule has 0 spiro atoms. The number of thiazole rings is 1. The number of carbonyl (C=O) groups is 1. The van der Waals surface area contributed by atoms with E-state index < -0.39 is 23.1 Å². The number of carbonyl (C=O) groups excluding carboxylic acids is 1. The Balaban J connectivity index is 1.96. The van der Waals surface area contributed by atoms with Gasteiger partial charge in [-0.3, -0.25) is 4.79 Å². The fourth-order valence-electron chi connectivity index (χ4n) is 1.47. The van der Waals surface area contributed by atoms with Crippen LogP contribution < -0.4 is 5.32 Å². The van der Waals surface area contributed by atoms with Crippen LogP contribution in [0.15, 0.2) is 29.1 Å². The van der Waals surface area contributed by atoms with Gasteiger partial charge >= 0.3 is 0 Å². The molecule has 0 bridgehead atoms. The summed E-state index contributed by atoms with van der Waals surface area (Å²) in [6.45, 7) is 0.288. The third kappa shape index (κ3) is 2.89. The molecule has 0 aliphatic carbocycles. The van der Waals surface area contributed by atoms with Gasteiger partial charge in [0, 0.05) is 18.3 Å². The maximum absolute atomic E-state index is 13.3. The third-order valence-corrected chi connectivity index (χ3v) is 2.98. The summed E-state index contributed by atoms with van der Waals surface area (Å²) in [5, 5.41) is 4.32. The number of halogens is 2. The summed E-state index contributed by atoms with van der Waals surface area (Å²) in [7, 11) is 0. The van der Waals surface area contributed by atoms with E-state index in [0.717, 1.165) is 17.8 Å². The molecule has 6 heteroatoms. The molecule has 18 heavy (non-hydrogen) atoms. The molecular weight excluding hydrogens is 258 g/mol. The van der Waals surface area contributed by atoms with Crippen LogP contribution in [0.4, 0.5) is 8.78 Å². The lowest BCUT2D eigenvalue weighted by Crippen LogP contribution is -2.27. The molecule has 3 nitrogen and oxygen atoms in total. The van der Waals surface area contributed by atoms with Gasteiger partial charge in [-0.25, -0.2) is 13.8 Å². The van der Waals surface area contributed by atoms with Gasteiger partial charge < -0.3 is 5.32 Å². The zero-order valence-corrected chi connectivity index (χ0v) is 10.1. The second kappa shape index (κ2) is 5.68. The van der Waals surface area contributed by atoms with Gasteiger partial charge in [-0.1, -0.05) is 6.07 Å². The number of nitrogens with zero attached hydrogens (tertiary/aromatic N) is 1. The van der Waals surface area contributed by atoms with E-state index in [-0.39, 0.29) is 6.54 Å². The van der Waals surface area contributed by atoms with Gasteiger partial charge in [-0.2, -0.15) is 0 Å². The standard InChI is InChI=1S/C12H10F2N2OS/c13-9-2-1-3-10(14)11(9)12(17)15-5-4-8-6-18-7-16-8/h1-3,6-7H,4-5H2,(H,15,17). The predicted octanol–water partition coefficient (Wildman–Crippen LogP) is 2.39. The Bertz CT molecular complexity index is 523. The maximum Gasteiger partial charge on any atom is 0.257 e. The van der Waals surface area contributed by atoms with Crippen molar-refractivity contribution in [3.05, 3.63) is 52.0 Å². The van der Waals surface area contributed by atoms with Crippen molar-refractivity contribution in [1.82, 2.24) is 10.3 Å². The highest BCUT2D eigenvalue weighted by atomic mass is 32.1. The number of hydrogen-bond acceptors (Lipinski definition) is 3. The van der Waals surface area contributed by atoms with E-state index >= 15 is 0 Å². The van der Waals surface area contributed by atoms with Crippen molar-refractivity contribution < 1.29 is 13.6 Å². The summed E-state index contributed by atoms with van der Waals surface area (Å²) in [5.41, 5.74) is 1.98. The summed E-state index contributed by atoms with van der Waals surface area (Å²) in [6.07, 6.45) is 0.533. The number of nitrogens with one attached hydrogen (secondary N) is 1. The molecule has 0 aliphatic rings. The Labute approximate surface area is 106 Å². The monoisotopic (exact) mass is 268 g/mol. The zero-order chi connectivity index (χ0) is 13.0. The Morgan fingerprint density at radius 3 is 2.67 bits per heavy atom. The Kier molecular flexibility index (Phi) is 3.99. The van der Waals surface area contributed by atoms with Gasteiger partial charge in [0.2, 0.25) is 0 Å². The topological polar surface area (TPSA) is 42.0 Å². The van der Waals surface area contributed by atoms with Crippen molar-refractivity contribution in [3.63, 3.8) is 0 Å². The fraction of sp³-hybridized carbons (Fsp3) is 0.167. The molecule has 0 unspecified atom stereocenters. The van der Waals surface area contributed by atoms with Crippen molar-refractivity contribution in [3.8, 4) is 0 Å². The molecular formula is C12H10F2N2OS. The highest BCUT2D eigenvalue weighted by molar-refractivity contribution is 7.07. The highest BCUT2D eigenvalue weighted by Gasteiger charge is 2.16. The first-order valence-electron chi connectivity index (χ1n) is 5.28. The summed E-state index contributed by atoms with van der Waals surface area (Å²) in [6, 6.07) is 3.33. The smallest absolute Gasteiger partial charge is 0.257 e. The second-order valence-electron chi connectivity index (χ2n) is 3.58. The van der Waals surface area contributed by atoms with E-state index in [1.165, 1.54) is 17.4 Å². The molecule has 1 aromatic carbocycles. The first-order valence-corrected chi connectivity index (χ1v) is 6.22.